The van der Waals surface area contributed by atoms with Crippen LogP contribution in [0.25, 0.3) is 0 Å². The zero-order valence-electron chi connectivity index (χ0n) is 5.91. The predicted octanol–water partition coefficient (Wildman–Crippen LogP) is 1.32. The Morgan fingerprint density at radius 3 is 1.78 bits per heavy atom. The smallest absolute Gasteiger partial charge is 0.0171 e. The molecule has 0 aliphatic carbocycles. The van der Waals surface area contributed by atoms with Crippen LogP contribution in [0.4, 0.5) is 0 Å². The number of hydrogen-bond donors (Lipinski definition) is 1. The molecule has 0 spiro atoms. The molecule has 0 aliphatic heterocycles. The van der Waals surface area contributed by atoms with Gasteiger partial charge in [0.15, 0.2) is 0 Å². The summed E-state index contributed by atoms with van der Waals surface area (Å²) in [7, 11) is 0. The van der Waals surface area contributed by atoms with E-state index in [2.05, 4.69) is 29.2 Å². The van der Waals surface area contributed by atoms with E-state index in [1.165, 1.54) is 0 Å². The van der Waals surface area contributed by atoms with E-state index < -0.39 is 0 Å². The molecule has 0 heterocycles. The molecule has 0 saturated heterocycles. The largest absolute Gasteiger partial charge is 0.274 e. The maximum absolute atomic E-state index is 2.84. The van der Waals surface area contributed by atoms with Crippen LogP contribution in [0.15, 0.2) is 0 Å². The molecule has 1 heteroatoms. The SMILES string of the molecule is CCC#CNC#CCC. The quantitative estimate of drug-likeness (QED) is 0.376. The van der Waals surface area contributed by atoms with Gasteiger partial charge in [0, 0.05) is 24.9 Å². The molecule has 0 amide bonds. The first-order valence-corrected chi connectivity index (χ1v) is 3.12. The number of nitrogens with one attached hydrogen (secondary N) is 1. The van der Waals surface area contributed by atoms with Gasteiger partial charge in [0.25, 0.3) is 0 Å². The van der Waals surface area contributed by atoms with Gasteiger partial charge < -0.3 is 0 Å². The average Bonchev–Trinajstić information content (AvgIpc) is 1.89. The standard InChI is InChI=1S/C8H11N/c1-3-5-7-9-8-6-4-2/h9H,3-4H2,1-2H3. The van der Waals surface area contributed by atoms with E-state index in [1.807, 2.05) is 13.8 Å². The Hall–Kier alpha value is -1.08. The molecule has 0 bridgehead atoms. The maximum Gasteiger partial charge on any atom is 0.0171 e. The van der Waals surface area contributed by atoms with Crippen LogP contribution in [-0.4, -0.2) is 0 Å². The molecule has 0 radical (unpaired) electrons. The van der Waals surface area contributed by atoms with E-state index in [0.717, 1.165) is 12.8 Å². The van der Waals surface area contributed by atoms with Crippen molar-refractivity contribution >= 4 is 0 Å². The molecule has 9 heavy (non-hydrogen) atoms. The molecule has 0 aromatic heterocycles. The van der Waals surface area contributed by atoms with Crippen LogP contribution < -0.4 is 5.32 Å². The summed E-state index contributed by atoms with van der Waals surface area (Å²) in [6.07, 6.45) is 1.75. The molecule has 48 valence electrons. The summed E-state index contributed by atoms with van der Waals surface area (Å²) in [6.45, 7) is 4.00. The second-order valence-electron chi connectivity index (χ2n) is 1.44. The van der Waals surface area contributed by atoms with Gasteiger partial charge in [-0.1, -0.05) is 25.7 Å². The molecule has 0 fully saturated rings. The Morgan fingerprint density at radius 1 is 1.00 bits per heavy atom. The van der Waals surface area contributed by atoms with Crippen molar-refractivity contribution in [2.45, 2.75) is 26.7 Å². The van der Waals surface area contributed by atoms with Crippen LogP contribution in [0.2, 0.25) is 0 Å². The molecule has 0 rings (SSSR count). The number of rotatable bonds is 0. The zero-order chi connectivity index (χ0) is 6.95. The monoisotopic (exact) mass is 121 g/mol. The lowest BCUT2D eigenvalue weighted by atomic mass is 10.5. The zero-order valence-corrected chi connectivity index (χ0v) is 5.91. The summed E-state index contributed by atoms with van der Waals surface area (Å²) in [5.41, 5.74) is 0. The van der Waals surface area contributed by atoms with E-state index in [9.17, 15) is 0 Å². The van der Waals surface area contributed by atoms with Crippen molar-refractivity contribution in [1.82, 2.24) is 5.32 Å². The fourth-order valence-corrected chi connectivity index (χ4v) is 0.296. The summed E-state index contributed by atoms with van der Waals surface area (Å²) in [6, 6.07) is 5.39. The maximum atomic E-state index is 2.84. The van der Waals surface area contributed by atoms with Gasteiger partial charge in [-0.05, 0) is 0 Å². The van der Waals surface area contributed by atoms with Crippen LogP contribution in [0, 0.1) is 23.9 Å². The fraction of sp³-hybridized carbons (Fsp3) is 0.500. The summed E-state index contributed by atoms with van der Waals surface area (Å²) >= 11 is 0. The number of hydrogen-bond acceptors (Lipinski definition) is 1. The van der Waals surface area contributed by atoms with Crippen molar-refractivity contribution in [3.05, 3.63) is 0 Å². The third-order valence-corrected chi connectivity index (χ3v) is 0.655. The van der Waals surface area contributed by atoms with Gasteiger partial charge in [-0.15, -0.1) is 0 Å². The average molecular weight is 121 g/mol. The summed E-state index contributed by atoms with van der Waals surface area (Å²) in [5.74, 6) is 5.69. The molecule has 0 aromatic carbocycles. The van der Waals surface area contributed by atoms with Crippen LogP contribution in [0.1, 0.15) is 26.7 Å². The van der Waals surface area contributed by atoms with Crippen LogP contribution in [-0.2, 0) is 0 Å². The minimum Gasteiger partial charge on any atom is -0.274 e. The van der Waals surface area contributed by atoms with Gasteiger partial charge in [-0.3, -0.25) is 5.32 Å². The van der Waals surface area contributed by atoms with Crippen molar-refractivity contribution < 1.29 is 0 Å². The van der Waals surface area contributed by atoms with Gasteiger partial charge >= 0.3 is 0 Å². The summed E-state index contributed by atoms with van der Waals surface area (Å²) in [4.78, 5) is 0. The lowest BCUT2D eigenvalue weighted by Crippen LogP contribution is -1.92. The Labute approximate surface area is 56.8 Å². The Morgan fingerprint density at radius 2 is 1.44 bits per heavy atom. The van der Waals surface area contributed by atoms with Crippen molar-refractivity contribution in [1.29, 1.82) is 0 Å². The first kappa shape index (κ1) is 7.92. The van der Waals surface area contributed by atoms with Crippen molar-refractivity contribution in [2.24, 2.45) is 0 Å². The molecule has 0 aliphatic rings. The van der Waals surface area contributed by atoms with Crippen LogP contribution in [0.3, 0.4) is 0 Å². The Kier molecular flexibility index (Phi) is 6.09. The molecule has 0 aromatic rings. The summed E-state index contributed by atoms with van der Waals surface area (Å²) < 4.78 is 0. The fourth-order valence-electron chi connectivity index (χ4n) is 0.296. The van der Waals surface area contributed by atoms with Gasteiger partial charge in [0.05, 0.1) is 0 Å². The first-order valence-electron chi connectivity index (χ1n) is 3.12. The Balaban J connectivity index is 3.28. The van der Waals surface area contributed by atoms with Crippen molar-refractivity contribution in [2.75, 3.05) is 0 Å². The van der Waals surface area contributed by atoms with E-state index in [4.69, 9.17) is 0 Å². The van der Waals surface area contributed by atoms with E-state index in [0.29, 0.717) is 0 Å². The van der Waals surface area contributed by atoms with E-state index in [1.54, 1.807) is 0 Å². The van der Waals surface area contributed by atoms with Gasteiger partial charge in [-0.2, -0.15) is 0 Å². The lowest BCUT2D eigenvalue weighted by molar-refractivity contribution is 1.23. The highest BCUT2D eigenvalue weighted by Crippen LogP contribution is 1.64. The van der Waals surface area contributed by atoms with Gasteiger partial charge in [0.2, 0.25) is 0 Å². The van der Waals surface area contributed by atoms with Crippen molar-refractivity contribution in [3.63, 3.8) is 0 Å². The minimum atomic E-state index is 0.876. The van der Waals surface area contributed by atoms with Crippen LogP contribution >= 0.6 is 0 Å². The third kappa shape index (κ3) is 6.92. The molecule has 0 unspecified atom stereocenters. The highest BCUT2D eigenvalue weighted by molar-refractivity contribution is 5.06. The molecule has 0 atom stereocenters. The predicted molar refractivity (Wildman–Crippen MR) is 39.3 cm³/mol. The van der Waals surface area contributed by atoms with Gasteiger partial charge in [0.1, 0.15) is 0 Å². The molecule has 1 nitrogen and oxygen atoms in total. The van der Waals surface area contributed by atoms with Crippen molar-refractivity contribution in [3.8, 4) is 23.9 Å². The first-order chi connectivity index (χ1) is 4.41. The van der Waals surface area contributed by atoms with E-state index in [-0.39, 0.29) is 0 Å². The Bertz CT molecular complexity index is 140. The second kappa shape index (κ2) is 6.92. The molecular weight excluding hydrogens is 110 g/mol. The summed E-state index contributed by atoms with van der Waals surface area (Å²) in [5, 5.41) is 2.66. The molecular formula is C8H11N. The second-order valence-corrected chi connectivity index (χ2v) is 1.44. The molecule has 1 N–H and O–H groups in total. The third-order valence-electron chi connectivity index (χ3n) is 0.655. The van der Waals surface area contributed by atoms with Crippen LogP contribution in [0.5, 0.6) is 0 Å². The van der Waals surface area contributed by atoms with E-state index >= 15 is 0 Å². The highest BCUT2D eigenvalue weighted by atomic mass is 14.8. The minimum absolute atomic E-state index is 0.876. The topological polar surface area (TPSA) is 12.0 Å². The molecule has 0 saturated carbocycles. The highest BCUT2D eigenvalue weighted by Gasteiger charge is 1.60. The van der Waals surface area contributed by atoms with Gasteiger partial charge in [-0.25, -0.2) is 0 Å². The lowest BCUT2D eigenvalue weighted by Gasteiger charge is -1.75. The normalized spacial score (nSPS) is 6.00.